The van der Waals surface area contributed by atoms with E-state index in [1.165, 1.54) is 13.2 Å². The number of carbonyl (C=O) groups excluding carboxylic acids is 3. The van der Waals surface area contributed by atoms with Gasteiger partial charge in [0, 0.05) is 11.4 Å². The largest absolute Gasteiger partial charge is 0.465 e. The first-order chi connectivity index (χ1) is 11.5. The summed E-state index contributed by atoms with van der Waals surface area (Å²) in [6.07, 6.45) is 0.735. The second-order valence-electron chi connectivity index (χ2n) is 4.99. The van der Waals surface area contributed by atoms with E-state index in [4.69, 9.17) is 0 Å². The zero-order valence-electron chi connectivity index (χ0n) is 13.5. The van der Waals surface area contributed by atoms with Crippen molar-refractivity contribution in [3.05, 3.63) is 59.7 Å². The van der Waals surface area contributed by atoms with Gasteiger partial charge in [0.1, 0.15) is 0 Å². The maximum absolute atomic E-state index is 12.0. The van der Waals surface area contributed by atoms with Crippen LogP contribution < -0.4 is 10.6 Å². The van der Waals surface area contributed by atoms with Gasteiger partial charge in [-0.3, -0.25) is 9.59 Å². The molecule has 0 bridgehead atoms. The monoisotopic (exact) mass is 326 g/mol. The quantitative estimate of drug-likeness (QED) is 0.668. The number of amides is 2. The van der Waals surface area contributed by atoms with Gasteiger partial charge >= 0.3 is 17.8 Å². The molecule has 6 heteroatoms. The SMILES string of the molecule is CCc1ccccc1NC(=O)C(=O)Nc1cccc(C(=O)OC)c1. The predicted molar refractivity (Wildman–Crippen MR) is 90.9 cm³/mol. The normalized spacial score (nSPS) is 9.92. The molecule has 2 amide bonds. The third kappa shape index (κ3) is 4.19. The summed E-state index contributed by atoms with van der Waals surface area (Å²) in [4.78, 5) is 35.6. The van der Waals surface area contributed by atoms with E-state index in [-0.39, 0.29) is 5.56 Å². The van der Waals surface area contributed by atoms with E-state index < -0.39 is 17.8 Å². The van der Waals surface area contributed by atoms with Gasteiger partial charge < -0.3 is 15.4 Å². The number of para-hydroxylation sites is 1. The number of benzene rings is 2. The minimum Gasteiger partial charge on any atom is -0.465 e. The summed E-state index contributed by atoms with van der Waals surface area (Å²) in [5.74, 6) is -2.12. The third-order valence-electron chi connectivity index (χ3n) is 3.39. The summed E-state index contributed by atoms with van der Waals surface area (Å²) in [6.45, 7) is 1.96. The summed E-state index contributed by atoms with van der Waals surface area (Å²) < 4.78 is 4.62. The van der Waals surface area contributed by atoms with Crippen molar-refractivity contribution in [1.29, 1.82) is 0 Å². The fourth-order valence-electron chi connectivity index (χ4n) is 2.16. The highest BCUT2D eigenvalue weighted by molar-refractivity contribution is 6.43. The van der Waals surface area contributed by atoms with Crippen molar-refractivity contribution in [3.8, 4) is 0 Å². The van der Waals surface area contributed by atoms with Crippen LogP contribution in [0.25, 0.3) is 0 Å². The number of aryl methyl sites for hydroxylation is 1. The van der Waals surface area contributed by atoms with E-state index in [1.807, 2.05) is 19.1 Å². The second kappa shape index (κ2) is 7.92. The molecule has 0 fully saturated rings. The Labute approximate surface area is 139 Å². The van der Waals surface area contributed by atoms with Gasteiger partial charge in [-0.2, -0.15) is 0 Å². The van der Waals surface area contributed by atoms with Crippen molar-refractivity contribution in [2.24, 2.45) is 0 Å². The van der Waals surface area contributed by atoms with E-state index in [1.54, 1.807) is 30.3 Å². The van der Waals surface area contributed by atoms with Crippen LogP contribution >= 0.6 is 0 Å². The van der Waals surface area contributed by atoms with Gasteiger partial charge in [0.15, 0.2) is 0 Å². The van der Waals surface area contributed by atoms with Gasteiger partial charge in [0.25, 0.3) is 0 Å². The lowest BCUT2D eigenvalue weighted by Crippen LogP contribution is -2.29. The van der Waals surface area contributed by atoms with Crippen molar-refractivity contribution in [1.82, 2.24) is 0 Å². The fraction of sp³-hybridized carbons (Fsp3) is 0.167. The molecule has 0 saturated heterocycles. The first-order valence-electron chi connectivity index (χ1n) is 7.43. The van der Waals surface area contributed by atoms with Crippen LogP contribution in [0.1, 0.15) is 22.8 Å². The molecule has 0 aliphatic carbocycles. The molecule has 0 aliphatic heterocycles. The van der Waals surface area contributed by atoms with Crippen LogP contribution in [-0.4, -0.2) is 24.9 Å². The van der Waals surface area contributed by atoms with Gasteiger partial charge in [-0.25, -0.2) is 4.79 Å². The van der Waals surface area contributed by atoms with Crippen molar-refractivity contribution in [2.75, 3.05) is 17.7 Å². The molecular weight excluding hydrogens is 308 g/mol. The number of methoxy groups -OCH3 is 1. The summed E-state index contributed by atoms with van der Waals surface area (Å²) in [5, 5.41) is 5.05. The molecule has 0 spiro atoms. The van der Waals surface area contributed by atoms with Gasteiger partial charge in [0.2, 0.25) is 0 Å². The molecule has 0 radical (unpaired) electrons. The summed E-state index contributed by atoms with van der Waals surface area (Å²) >= 11 is 0. The molecule has 6 nitrogen and oxygen atoms in total. The molecule has 0 aromatic heterocycles. The van der Waals surface area contributed by atoms with E-state index in [0.717, 1.165) is 12.0 Å². The summed E-state index contributed by atoms with van der Waals surface area (Å²) in [5.41, 5.74) is 2.16. The molecule has 2 aromatic carbocycles. The number of hydrogen-bond donors (Lipinski definition) is 2. The van der Waals surface area contributed by atoms with Gasteiger partial charge in [-0.1, -0.05) is 31.2 Å². The van der Waals surface area contributed by atoms with Gasteiger partial charge in [0.05, 0.1) is 12.7 Å². The zero-order valence-corrected chi connectivity index (χ0v) is 13.5. The highest BCUT2D eigenvalue weighted by Crippen LogP contribution is 2.16. The van der Waals surface area contributed by atoms with E-state index >= 15 is 0 Å². The molecular formula is C18H18N2O4. The number of hydrogen-bond acceptors (Lipinski definition) is 4. The van der Waals surface area contributed by atoms with Crippen molar-refractivity contribution < 1.29 is 19.1 Å². The second-order valence-corrected chi connectivity index (χ2v) is 4.99. The molecule has 0 heterocycles. The number of esters is 1. The first kappa shape index (κ1) is 17.2. The van der Waals surface area contributed by atoms with Crippen LogP contribution in [0.5, 0.6) is 0 Å². The minimum atomic E-state index is -0.817. The summed E-state index contributed by atoms with van der Waals surface area (Å²) in [6, 6.07) is 13.4. The zero-order chi connectivity index (χ0) is 17.5. The number of nitrogens with one attached hydrogen (secondary N) is 2. The molecule has 0 saturated carbocycles. The van der Waals surface area contributed by atoms with Crippen LogP contribution in [0, 0.1) is 0 Å². The molecule has 0 unspecified atom stereocenters. The molecule has 2 rings (SSSR count). The number of carbonyl (C=O) groups is 3. The van der Waals surface area contributed by atoms with Gasteiger partial charge in [-0.15, -0.1) is 0 Å². The first-order valence-corrected chi connectivity index (χ1v) is 7.43. The van der Waals surface area contributed by atoms with E-state index in [2.05, 4.69) is 15.4 Å². The van der Waals surface area contributed by atoms with Crippen LogP contribution in [0.3, 0.4) is 0 Å². The minimum absolute atomic E-state index is 0.284. The standard InChI is InChI=1S/C18H18N2O4/c1-3-12-7-4-5-10-15(12)20-17(22)16(21)19-14-9-6-8-13(11-14)18(23)24-2/h4-11H,3H2,1-2H3,(H,19,21)(H,20,22). The van der Waals surface area contributed by atoms with Crippen LogP contribution in [0.4, 0.5) is 11.4 Å². The maximum atomic E-state index is 12.0. The maximum Gasteiger partial charge on any atom is 0.337 e. The van der Waals surface area contributed by atoms with Crippen LogP contribution in [-0.2, 0) is 20.7 Å². The molecule has 24 heavy (non-hydrogen) atoms. The number of anilines is 2. The lowest BCUT2D eigenvalue weighted by Gasteiger charge is -2.10. The highest BCUT2D eigenvalue weighted by Gasteiger charge is 2.16. The average Bonchev–Trinajstić information content (AvgIpc) is 2.61. The fourth-order valence-corrected chi connectivity index (χ4v) is 2.16. The molecule has 0 atom stereocenters. The lowest BCUT2D eigenvalue weighted by atomic mass is 10.1. The Kier molecular flexibility index (Phi) is 5.68. The third-order valence-corrected chi connectivity index (χ3v) is 3.39. The molecule has 0 aliphatic rings. The van der Waals surface area contributed by atoms with Crippen LogP contribution in [0.15, 0.2) is 48.5 Å². The Bertz CT molecular complexity index is 771. The average molecular weight is 326 g/mol. The van der Waals surface area contributed by atoms with Gasteiger partial charge in [-0.05, 0) is 36.2 Å². The van der Waals surface area contributed by atoms with E-state index in [9.17, 15) is 14.4 Å². The Hall–Kier alpha value is -3.15. The predicted octanol–water partition coefficient (Wildman–Crippen LogP) is 2.61. The Morgan fingerprint density at radius 1 is 0.958 bits per heavy atom. The molecule has 2 N–H and O–H groups in total. The molecule has 124 valence electrons. The van der Waals surface area contributed by atoms with E-state index in [0.29, 0.717) is 11.4 Å². The van der Waals surface area contributed by atoms with Crippen molar-refractivity contribution >= 4 is 29.2 Å². The summed E-state index contributed by atoms with van der Waals surface area (Å²) in [7, 11) is 1.27. The van der Waals surface area contributed by atoms with Crippen molar-refractivity contribution in [3.63, 3.8) is 0 Å². The lowest BCUT2D eigenvalue weighted by molar-refractivity contribution is -0.133. The Morgan fingerprint density at radius 2 is 1.67 bits per heavy atom. The Balaban J connectivity index is 2.07. The smallest absolute Gasteiger partial charge is 0.337 e. The van der Waals surface area contributed by atoms with Crippen molar-refractivity contribution in [2.45, 2.75) is 13.3 Å². The molecule has 2 aromatic rings. The van der Waals surface area contributed by atoms with Crippen LogP contribution in [0.2, 0.25) is 0 Å². The number of ether oxygens (including phenoxy) is 1. The topological polar surface area (TPSA) is 84.5 Å². The number of rotatable bonds is 4. The Morgan fingerprint density at radius 3 is 2.38 bits per heavy atom. The highest BCUT2D eigenvalue weighted by atomic mass is 16.5.